The molecule has 16 heavy (non-hydrogen) atoms. The van der Waals surface area contributed by atoms with Gasteiger partial charge in [0.25, 0.3) is 0 Å². The van der Waals surface area contributed by atoms with Crippen LogP contribution in [-0.4, -0.2) is 24.8 Å². The zero-order valence-corrected chi connectivity index (χ0v) is 10.2. The van der Waals surface area contributed by atoms with Crippen molar-refractivity contribution in [3.63, 3.8) is 0 Å². The minimum Gasteiger partial charge on any atom is -0.396 e. The molecule has 0 aromatic heterocycles. The number of nitrogens with one attached hydrogen (secondary N) is 1. The molecule has 1 aromatic carbocycles. The Morgan fingerprint density at radius 2 is 2.00 bits per heavy atom. The number of aliphatic hydroxyl groups excluding tert-OH is 1. The van der Waals surface area contributed by atoms with E-state index in [4.69, 9.17) is 5.11 Å². The quantitative estimate of drug-likeness (QED) is 0.660. The first-order valence-electron chi connectivity index (χ1n) is 6.18. The number of hydrogen-bond donors (Lipinski definition) is 2. The number of benzene rings is 1. The fourth-order valence-electron chi connectivity index (χ4n) is 1.73. The van der Waals surface area contributed by atoms with Crippen LogP contribution in [0.3, 0.4) is 0 Å². The molecule has 1 rings (SSSR count). The Morgan fingerprint density at radius 1 is 1.25 bits per heavy atom. The molecule has 0 spiro atoms. The molecule has 0 fully saturated rings. The summed E-state index contributed by atoms with van der Waals surface area (Å²) >= 11 is 0. The van der Waals surface area contributed by atoms with Crippen molar-refractivity contribution in [1.29, 1.82) is 0 Å². The molecule has 0 heterocycles. The average molecular weight is 221 g/mol. The first kappa shape index (κ1) is 13.2. The summed E-state index contributed by atoms with van der Waals surface area (Å²) in [5.74, 6) is 0.571. The van der Waals surface area contributed by atoms with Gasteiger partial charge in [-0.3, -0.25) is 0 Å². The van der Waals surface area contributed by atoms with Crippen LogP contribution in [-0.2, 0) is 6.42 Å². The molecule has 2 nitrogen and oxygen atoms in total. The summed E-state index contributed by atoms with van der Waals surface area (Å²) in [7, 11) is 0. The lowest BCUT2D eigenvalue weighted by Gasteiger charge is -2.10. The summed E-state index contributed by atoms with van der Waals surface area (Å²) in [4.78, 5) is 0. The van der Waals surface area contributed by atoms with Crippen LogP contribution in [0.5, 0.6) is 0 Å². The Balaban J connectivity index is 2.00. The van der Waals surface area contributed by atoms with E-state index in [1.807, 2.05) is 0 Å². The van der Waals surface area contributed by atoms with Crippen LogP contribution in [0.25, 0.3) is 0 Å². The van der Waals surface area contributed by atoms with Gasteiger partial charge in [-0.05, 0) is 43.8 Å². The van der Waals surface area contributed by atoms with Gasteiger partial charge in [0.05, 0.1) is 0 Å². The molecule has 0 saturated heterocycles. The molecular weight excluding hydrogens is 198 g/mol. The molecule has 0 saturated carbocycles. The Morgan fingerprint density at radius 3 is 2.69 bits per heavy atom. The number of aliphatic hydroxyl groups is 1. The van der Waals surface area contributed by atoms with Gasteiger partial charge >= 0.3 is 0 Å². The molecule has 0 bridgehead atoms. The Labute approximate surface area is 98.7 Å². The summed E-state index contributed by atoms with van der Waals surface area (Å²) in [6, 6.07) is 10.6. The van der Waals surface area contributed by atoms with Crippen molar-refractivity contribution < 1.29 is 5.11 Å². The maximum atomic E-state index is 8.76. The summed E-state index contributed by atoms with van der Waals surface area (Å²) < 4.78 is 0. The van der Waals surface area contributed by atoms with E-state index in [0.29, 0.717) is 12.5 Å². The van der Waals surface area contributed by atoms with Crippen molar-refractivity contribution in [2.24, 2.45) is 5.92 Å². The SMILES string of the molecule is CC(CCO)CNCCCc1ccccc1. The van der Waals surface area contributed by atoms with Crippen LogP contribution in [0.2, 0.25) is 0 Å². The van der Waals surface area contributed by atoms with Crippen molar-refractivity contribution >= 4 is 0 Å². The highest BCUT2D eigenvalue weighted by atomic mass is 16.3. The second-order valence-corrected chi connectivity index (χ2v) is 4.41. The summed E-state index contributed by atoms with van der Waals surface area (Å²) in [6.45, 7) is 4.54. The molecule has 1 aromatic rings. The molecule has 1 atom stereocenters. The highest BCUT2D eigenvalue weighted by Gasteiger charge is 1.99. The van der Waals surface area contributed by atoms with Gasteiger partial charge < -0.3 is 10.4 Å². The normalized spacial score (nSPS) is 12.6. The maximum Gasteiger partial charge on any atom is 0.0434 e. The molecule has 0 aliphatic carbocycles. The molecule has 0 radical (unpaired) electrons. The summed E-state index contributed by atoms with van der Waals surface area (Å²) in [5, 5.41) is 12.2. The minimum absolute atomic E-state index is 0.298. The van der Waals surface area contributed by atoms with Gasteiger partial charge in [-0.25, -0.2) is 0 Å². The van der Waals surface area contributed by atoms with E-state index < -0.39 is 0 Å². The smallest absolute Gasteiger partial charge is 0.0434 e. The van der Waals surface area contributed by atoms with E-state index in [2.05, 4.69) is 42.6 Å². The van der Waals surface area contributed by atoms with Gasteiger partial charge in [-0.15, -0.1) is 0 Å². The van der Waals surface area contributed by atoms with Gasteiger partial charge in [-0.1, -0.05) is 37.3 Å². The van der Waals surface area contributed by atoms with E-state index >= 15 is 0 Å². The van der Waals surface area contributed by atoms with Crippen LogP contribution < -0.4 is 5.32 Å². The van der Waals surface area contributed by atoms with Crippen molar-refractivity contribution in [2.75, 3.05) is 19.7 Å². The van der Waals surface area contributed by atoms with Crippen molar-refractivity contribution in [1.82, 2.24) is 5.32 Å². The first-order valence-corrected chi connectivity index (χ1v) is 6.18. The van der Waals surface area contributed by atoms with E-state index in [9.17, 15) is 0 Å². The lowest BCUT2D eigenvalue weighted by molar-refractivity contribution is 0.260. The van der Waals surface area contributed by atoms with Crippen molar-refractivity contribution in [2.45, 2.75) is 26.2 Å². The van der Waals surface area contributed by atoms with Gasteiger partial charge in [-0.2, -0.15) is 0 Å². The first-order chi connectivity index (χ1) is 7.83. The van der Waals surface area contributed by atoms with Crippen molar-refractivity contribution in [3.05, 3.63) is 35.9 Å². The predicted molar refractivity (Wildman–Crippen MR) is 68.5 cm³/mol. The molecule has 90 valence electrons. The molecular formula is C14H23NO. The van der Waals surface area contributed by atoms with E-state index in [1.54, 1.807) is 0 Å². The van der Waals surface area contributed by atoms with Crippen LogP contribution in [0.15, 0.2) is 30.3 Å². The van der Waals surface area contributed by atoms with E-state index in [0.717, 1.165) is 25.9 Å². The van der Waals surface area contributed by atoms with Crippen LogP contribution >= 0.6 is 0 Å². The predicted octanol–water partition coefficient (Wildman–Crippen LogP) is 2.23. The monoisotopic (exact) mass is 221 g/mol. The van der Waals surface area contributed by atoms with Gasteiger partial charge in [0.2, 0.25) is 0 Å². The third-order valence-corrected chi connectivity index (χ3v) is 2.78. The van der Waals surface area contributed by atoms with Crippen LogP contribution in [0.1, 0.15) is 25.3 Å². The third kappa shape index (κ3) is 5.89. The Kier molecular flexibility index (Phi) is 6.86. The van der Waals surface area contributed by atoms with Crippen LogP contribution in [0, 0.1) is 5.92 Å². The van der Waals surface area contributed by atoms with E-state index in [1.165, 1.54) is 12.0 Å². The largest absolute Gasteiger partial charge is 0.396 e. The highest BCUT2D eigenvalue weighted by molar-refractivity contribution is 5.14. The lowest BCUT2D eigenvalue weighted by atomic mass is 10.1. The maximum absolute atomic E-state index is 8.76. The highest BCUT2D eigenvalue weighted by Crippen LogP contribution is 2.02. The Hall–Kier alpha value is -0.860. The zero-order chi connectivity index (χ0) is 11.6. The molecule has 0 aliphatic heterocycles. The summed E-state index contributed by atoms with van der Waals surface area (Å²) in [5.41, 5.74) is 1.41. The number of hydrogen-bond acceptors (Lipinski definition) is 2. The molecule has 2 heteroatoms. The second kappa shape index (κ2) is 8.31. The fourth-order valence-corrected chi connectivity index (χ4v) is 1.73. The van der Waals surface area contributed by atoms with Gasteiger partial charge in [0.1, 0.15) is 0 Å². The fraction of sp³-hybridized carbons (Fsp3) is 0.571. The molecule has 0 aliphatic rings. The minimum atomic E-state index is 0.298. The Bertz CT molecular complexity index is 261. The topological polar surface area (TPSA) is 32.3 Å². The van der Waals surface area contributed by atoms with Gasteiger partial charge in [0.15, 0.2) is 0 Å². The van der Waals surface area contributed by atoms with E-state index in [-0.39, 0.29) is 0 Å². The molecule has 2 N–H and O–H groups in total. The average Bonchev–Trinajstić information content (AvgIpc) is 2.30. The third-order valence-electron chi connectivity index (χ3n) is 2.78. The van der Waals surface area contributed by atoms with Crippen molar-refractivity contribution in [3.8, 4) is 0 Å². The van der Waals surface area contributed by atoms with Crippen LogP contribution in [0.4, 0.5) is 0 Å². The van der Waals surface area contributed by atoms with Gasteiger partial charge in [0, 0.05) is 6.61 Å². The number of rotatable bonds is 8. The lowest BCUT2D eigenvalue weighted by Crippen LogP contribution is -2.23. The molecule has 0 amide bonds. The number of aryl methyl sites for hydroxylation is 1. The molecule has 1 unspecified atom stereocenters. The summed E-state index contributed by atoms with van der Waals surface area (Å²) in [6.07, 6.45) is 3.21. The zero-order valence-electron chi connectivity index (χ0n) is 10.2. The second-order valence-electron chi connectivity index (χ2n) is 4.41. The standard InChI is InChI=1S/C14H23NO/c1-13(9-11-16)12-15-10-5-8-14-6-3-2-4-7-14/h2-4,6-7,13,15-16H,5,8-12H2,1H3.